The fraction of sp³-hybridized carbons (Fsp3) is 0.636. The van der Waals surface area contributed by atoms with E-state index in [-0.39, 0.29) is 6.10 Å². The monoisotopic (exact) mass is 211 g/mol. The lowest BCUT2D eigenvalue weighted by Crippen LogP contribution is -2.32. The van der Waals surface area contributed by atoms with Crippen LogP contribution in [0.25, 0.3) is 0 Å². The van der Waals surface area contributed by atoms with Gasteiger partial charge in [0.15, 0.2) is 0 Å². The lowest BCUT2D eigenvalue weighted by Gasteiger charge is -2.16. The molecule has 0 bridgehead atoms. The molecule has 1 aliphatic heterocycles. The molecule has 2 rings (SSSR count). The van der Waals surface area contributed by atoms with Gasteiger partial charge in [-0.15, -0.1) is 0 Å². The van der Waals surface area contributed by atoms with E-state index in [0.29, 0.717) is 19.1 Å². The molecule has 4 heteroatoms. The second-order valence-corrected chi connectivity index (χ2v) is 3.95. The SMILES string of the molecule is OC(CNCc1ccoc1)C1CCOC1. The van der Waals surface area contributed by atoms with Gasteiger partial charge in [-0.1, -0.05) is 0 Å². The maximum atomic E-state index is 9.81. The van der Waals surface area contributed by atoms with Gasteiger partial charge in [0, 0.05) is 31.2 Å². The Hall–Kier alpha value is -0.840. The van der Waals surface area contributed by atoms with E-state index in [1.165, 1.54) is 0 Å². The number of hydrogen-bond donors (Lipinski definition) is 2. The average molecular weight is 211 g/mol. The molecule has 0 radical (unpaired) electrons. The second kappa shape index (κ2) is 5.30. The second-order valence-electron chi connectivity index (χ2n) is 3.95. The Labute approximate surface area is 89.2 Å². The van der Waals surface area contributed by atoms with Crippen molar-refractivity contribution in [3.8, 4) is 0 Å². The van der Waals surface area contributed by atoms with Crippen LogP contribution in [-0.2, 0) is 11.3 Å². The van der Waals surface area contributed by atoms with Gasteiger partial charge in [-0.25, -0.2) is 0 Å². The number of ether oxygens (including phenoxy) is 1. The van der Waals surface area contributed by atoms with Crippen LogP contribution in [0.4, 0.5) is 0 Å². The van der Waals surface area contributed by atoms with Crippen molar-refractivity contribution in [1.29, 1.82) is 0 Å². The van der Waals surface area contributed by atoms with Crippen LogP contribution >= 0.6 is 0 Å². The lowest BCUT2D eigenvalue weighted by atomic mass is 10.0. The normalized spacial score (nSPS) is 23.1. The first-order valence-electron chi connectivity index (χ1n) is 5.34. The standard InChI is InChI=1S/C11H17NO3/c13-11(10-2-4-15-8-10)6-12-5-9-1-3-14-7-9/h1,3,7,10-13H,2,4-6,8H2. The molecule has 84 valence electrons. The van der Waals surface area contributed by atoms with Crippen LogP contribution in [0, 0.1) is 5.92 Å². The largest absolute Gasteiger partial charge is 0.472 e. The van der Waals surface area contributed by atoms with E-state index >= 15 is 0 Å². The summed E-state index contributed by atoms with van der Waals surface area (Å²) in [5, 5.41) is 13.0. The van der Waals surface area contributed by atoms with Crippen molar-refractivity contribution in [2.45, 2.75) is 19.1 Å². The molecule has 1 saturated heterocycles. The smallest absolute Gasteiger partial charge is 0.0947 e. The van der Waals surface area contributed by atoms with Gasteiger partial charge in [-0.05, 0) is 12.5 Å². The minimum absolute atomic E-state index is 0.293. The molecule has 1 fully saturated rings. The molecule has 0 saturated carbocycles. The van der Waals surface area contributed by atoms with Crippen molar-refractivity contribution in [3.05, 3.63) is 24.2 Å². The fourth-order valence-electron chi connectivity index (χ4n) is 1.78. The molecule has 1 aromatic heterocycles. The van der Waals surface area contributed by atoms with E-state index < -0.39 is 0 Å². The molecule has 4 nitrogen and oxygen atoms in total. The average Bonchev–Trinajstić information content (AvgIpc) is 2.90. The Morgan fingerprint density at radius 2 is 2.53 bits per heavy atom. The van der Waals surface area contributed by atoms with Crippen LogP contribution < -0.4 is 5.32 Å². The van der Waals surface area contributed by atoms with Crippen LogP contribution in [0.1, 0.15) is 12.0 Å². The molecule has 1 aliphatic rings. The first-order chi connectivity index (χ1) is 7.36. The summed E-state index contributed by atoms with van der Waals surface area (Å²) in [6.07, 6.45) is 4.02. The van der Waals surface area contributed by atoms with Crippen molar-refractivity contribution in [1.82, 2.24) is 5.32 Å². The topological polar surface area (TPSA) is 54.6 Å². The van der Waals surface area contributed by atoms with Crippen molar-refractivity contribution in [2.24, 2.45) is 5.92 Å². The molecule has 0 spiro atoms. The highest BCUT2D eigenvalue weighted by Crippen LogP contribution is 2.16. The van der Waals surface area contributed by atoms with E-state index in [9.17, 15) is 5.11 Å². The van der Waals surface area contributed by atoms with Gasteiger partial charge in [-0.3, -0.25) is 0 Å². The first kappa shape index (κ1) is 10.7. The number of furan rings is 1. The van der Waals surface area contributed by atoms with Crippen LogP contribution in [0.2, 0.25) is 0 Å². The molecule has 2 heterocycles. The maximum absolute atomic E-state index is 9.81. The molecular formula is C11H17NO3. The van der Waals surface area contributed by atoms with Crippen molar-refractivity contribution in [2.75, 3.05) is 19.8 Å². The van der Waals surface area contributed by atoms with Gasteiger partial charge in [0.2, 0.25) is 0 Å². The molecule has 2 atom stereocenters. The third-order valence-electron chi connectivity index (χ3n) is 2.77. The molecule has 0 aromatic carbocycles. The summed E-state index contributed by atoms with van der Waals surface area (Å²) in [6, 6.07) is 1.91. The minimum atomic E-state index is -0.306. The molecule has 0 aliphatic carbocycles. The van der Waals surface area contributed by atoms with Crippen molar-refractivity contribution in [3.63, 3.8) is 0 Å². The van der Waals surface area contributed by atoms with E-state index in [0.717, 1.165) is 25.1 Å². The zero-order valence-corrected chi connectivity index (χ0v) is 8.69. The van der Waals surface area contributed by atoms with Crippen LogP contribution in [0.3, 0.4) is 0 Å². The number of hydrogen-bond acceptors (Lipinski definition) is 4. The molecule has 2 unspecified atom stereocenters. The summed E-state index contributed by atoms with van der Waals surface area (Å²) < 4.78 is 10.2. The van der Waals surface area contributed by atoms with E-state index in [1.54, 1.807) is 12.5 Å². The van der Waals surface area contributed by atoms with E-state index in [1.807, 2.05) is 6.07 Å². The third-order valence-corrected chi connectivity index (χ3v) is 2.77. The highest BCUT2D eigenvalue weighted by molar-refractivity contribution is 5.04. The van der Waals surface area contributed by atoms with E-state index in [2.05, 4.69) is 5.32 Å². The maximum Gasteiger partial charge on any atom is 0.0947 e. The van der Waals surface area contributed by atoms with Gasteiger partial charge in [0.05, 0.1) is 25.2 Å². The van der Waals surface area contributed by atoms with Gasteiger partial charge < -0.3 is 19.6 Å². The molecule has 2 N–H and O–H groups in total. The fourth-order valence-corrected chi connectivity index (χ4v) is 1.78. The molecular weight excluding hydrogens is 194 g/mol. The van der Waals surface area contributed by atoms with Gasteiger partial charge >= 0.3 is 0 Å². The molecule has 15 heavy (non-hydrogen) atoms. The summed E-state index contributed by atoms with van der Waals surface area (Å²) in [4.78, 5) is 0. The minimum Gasteiger partial charge on any atom is -0.472 e. The highest BCUT2D eigenvalue weighted by Gasteiger charge is 2.23. The predicted octanol–water partition coefficient (Wildman–Crippen LogP) is 0.767. The molecule has 1 aromatic rings. The van der Waals surface area contributed by atoms with Gasteiger partial charge in [0.1, 0.15) is 0 Å². The van der Waals surface area contributed by atoms with Crippen molar-refractivity contribution < 1.29 is 14.3 Å². The Balaban J connectivity index is 1.64. The Morgan fingerprint density at radius 1 is 1.60 bits per heavy atom. The summed E-state index contributed by atoms with van der Waals surface area (Å²) in [6.45, 7) is 2.82. The van der Waals surface area contributed by atoms with Crippen LogP contribution in [-0.4, -0.2) is 31.0 Å². The quantitative estimate of drug-likeness (QED) is 0.755. The van der Waals surface area contributed by atoms with E-state index in [4.69, 9.17) is 9.15 Å². The highest BCUT2D eigenvalue weighted by atomic mass is 16.5. The zero-order valence-electron chi connectivity index (χ0n) is 8.69. The summed E-state index contributed by atoms with van der Waals surface area (Å²) in [5.41, 5.74) is 1.10. The van der Waals surface area contributed by atoms with Crippen LogP contribution in [0.5, 0.6) is 0 Å². The van der Waals surface area contributed by atoms with Gasteiger partial charge in [0.25, 0.3) is 0 Å². The first-order valence-corrected chi connectivity index (χ1v) is 5.34. The number of nitrogens with one attached hydrogen (secondary N) is 1. The lowest BCUT2D eigenvalue weighted by molar-refractivity contribution is 0.0906. The number of aliphatic hydroxyl groups excluding tert-OH is 1. The van der Waals surface area contributed by atoms with Gasteiger partial charge in [-0.2, -0.15) is 0 Å². The summed E-state index contributed by atoms with van der Waals surface area (Å²) in [7, 11) is 0. The Bertz CT molecular complexity index is 267. The summed E-state index contributed by atoms with van der Waals surface area (Å²) in [5.74, 6) is 0.293. The summed E-state index contributed by atoms with van der Waals surface area (Å²) >= 11 is 0. The van der Waals surface area contributed by atoms with Crippen molar-refractivity contribution >= 4 is 0 Å². The Kier molecular flexibility index (Phi) is 3.77. The van der Waals surface area contributed by atoms with Crippen LogP contribution in [0.15, 0.2) is 23.0 Å². The zero-order chi connectivity index (χ0) is 10.5. The third kappa shape index (κ3) is 3.06. The molecule has 0 amide bonds. The number of rotatable bonds is 5. The predicted molar refractivity (Wildman–Crippen MR) is 55.3 cm³/mol. The Morgan fingerprint density at radius 3 is 3.20 bits per heavy atom. The number of aliphatic hydroxyl groups is 1.